The van der Waals surface area contributed by atoms with E-state index >= 15 is 0 Å². The van der Waals surface area contributed by atoms with Crippen molar-refractivity contribution < 1.29 is 18.0 Å². The quantitative estimate of drug-likeness (QED) is 0.803. The van der Waals surface area contributed by atoms with Crippen LogP contribution in [0.3, 0.4) is 0 Å². The minimum atomic E-state index is -4.40. The lowest BCUT2D eigenvalue weighted by Crippen LogP contribution is -2.25. The Bertz CT molecular complexity index is 713. The fraction of sp³-hybridized carbons (Fsp3) is 0.375. The molecular weight excluding hydrogens is 353 g/mol. The molecule has 1 aromatic carbocycles. The van der Waals surface area contributed by atoms with Crippen LogP contribution in [0.4, 0.5) is 28.8 Å². The number of hydrogen-bond donors (Lipinski definition) is 2. The third-order valence-corrected chi connectivity index (χ3v) is 4.34. The molecule has 2 N–H and O–H groups in total. The van der Waals surface area contributed by atoms with Gasteiger partial charge in [0, 0.05) is 23.7 Å². The molecule has 2 rings (SSSR count). The fourth-order valence-corrected chi connectivity index (χ4v) is 2.57. The van der Waals surface area contributed by atoms with Crippen molar-refractivity contribution in [2.24, 2.45) is 0 Å². The van der Waals surface area contributed by atoms with E-state index in [9.17, 15) is 18.0 Å². The Morgan fingerprint density at radius 1 is 1.24 bits per heavy atom. The Balaban J connectivity index is 1.91. The van der Waals surface area contributed by atoms with Crippen LogP contribution >= 0.6 is 11.3 Å². The van der Waals surface area contributed by atoms with Crippen molar-refractivity contribution in [3.05, 3.63) is 40.9 Å². The van der Waals surface area contributed by atoms with Crippen LogP contribution < -0.4 is 10.6 Å². The van der Waals surface area contributed by atoms with Gasteiger partial charge in [0.2, 0.25) is 0 Å². The van der Waals surface area contributed by atoms with Gasteiger partial charge in [-0.15, -0.1) is 11.3 Å². The molecule has 2 amide bonds. The highest BCUT2D eigenvalue weighted by molar-refractivity contribution is 7.13. The van der Waals surface area contributed by atoms with Gasteiger partial charge in [-0.25, -0.2) is 9.78 Å². The monoisotopic (exact) mass is 372 g/mol. The molecule has 0 atom stereocenters. The number of halogens is 3. The van der Waals surface area contributed by atoms with E-state index in [1.807, 2.05) is 12.4 Å². The first kappa shape index (κ1) is 19.2. The highest BCUT2D eigenvalue weighted by atomic mass is 32.1. The van der Waals surface area contributed by atoms with E-state index in [1.54, 1.807) is 0 Å². The highest BCUT2D eigenvalue weighted by Crippen LogP contribution is 2.29. The Kier molecular flexibility index (Phi) is 6.02. The Hall–Kier alpha value is -2.13. The average Bonchev–Trinajstić information content (AvgIpc) is 2.93. The van der Waals surface area contributed by atoms with Gasteiger partial charge in [0.15, 0.2) is 5.13 Å². The molecule has 1 heterocycles. The standard InChI is InChI=1S/C16H19F3N4OS/c1-10(2)23(3)8-13-9-25-15(21-13)22-14(24)20-12-6-4-11(5-7-12)16(17,18)19/h4-7,9-10H,8H2,1-3H3,(H2,20,21,22,24). The van der Waals surface area contributed by atoms with Gasteiger partial charge < -0.3 is 5.32 Å². The molecule has 9 heteroatoms. The fourth-order valence-electron chi connectivity index (χ4n) is 1.88. The zero-order valence-corrected chi connectivity index (χ0v) is 14.8. The van der Waals surface area contributed by atoms with Gasteiger partial charge in [0.25, 0.3) is 0 Å². The second-order valence-corrected chi connectivity index (χ2v) is 6.67. The topological polar surface area (TPSA) is 57.3 Å². The minimum Gasteiger partial charge on any atom is -0.308 e. The van der Waals surface area contributed by atoms with Gasteiger partial charge in [-0.2, -0.15) is 13.2 Å². The molecule has 5 nitrogen and oxygen atoms in total. The van der Waals surface area contributed by atoms with Gasteiger partial charge in [0.1, 0.15) is 0 Å². The summed E-state index contributed by atoms with van der Waals surface area (Å²) in [4.78, 5) is 18.3. The van der Waals surface area contributed by atoms with E-state index in [1.165, 1.54) is 23.5 Å². The third-order valence-electron chi connectivity index (χ3n) is 3.54. The van der Waals surface area contributed by atoms with Crippen LogP contribution in [0.5, 0.6) is 0 Å². The predicted molar refractivity (Wildman–Crippen MR) is 92.8 cm³/mol. The zero-order valence-electron chi connectivity index (χ0n) is 14.0. The summed E-state index contributed by atoms with van der Waals surface area (Å²) in [5, 5.41) is 7.33. The molecule has 1 aromatic heterocycles. The number of carbonyl (C=O) groups is 1. The van der Waals surface area contributed by atoms with Crippen LogP contribution in [0.15, 0.2) is 29.6 Å². The molecule has 25 heavy (non-hydrogen) atoms. The van der Waals surface area contributed by atoms with Crippen LogP contribution in [-0.4, -0.2) is 29.0 Å². The van der Waals surface area contributed by atoms with E-state index < -0.39 is 17.8 Å². The van der Waals surface area contributed by atoms with Crippen molar-refractivity contribution >= 4 is 28.2 Å². The number of alkyl halides is 3. The Morgan fingerprint density at radius 2 is 1.88 bits per heavy atom. The number of rotatable bonds is 5. The average molecular weight is 372 g/mol. The summed E-state index contributed by atoms with van der Waals surface area (Å²) >= 11 is 1.29. The van der Waals surface area contributed by atoms with E-state index in [2.05, 4.69) is 34.4 Å². The van der Waals surface area contributed by atoms with Crippen molar-refractivity contribution in [3.8, 4) is 0 Å². The van der Waals surface area contributed by atoms with Crippen molar-refractivity contribution in [3.63, 3.8) is 0 Å². The van der Waals surface area contributed by atoms with Crippen LogP contribution in [0.1, 0.15) is 25.1 Å². The van der Waals surface area contributed by atoms with Gasteiger partial charge in [-0.3, -0.25) is 10.2 Å². The van der Waals surface area contributed by atoms with Crippen LogP contribution in [0.2, 0.25) is 0 Å². The van der Waals surface area contributed by atoms with E-state index in [4.69, 9.17) is 0 Å². The summed E-state index contributed by atoms with van der Waals surface area (Å²) in [6.07, 6.45) is -4.40. The maximum absolute atomic E-state index is 12.5. The number of nitrogens with one attached hydrogen (secondary N) is 2. The molecule has 2 aromatic rings. The second-order valence-electron chi connectivity index (χ2n) is 5.81. The number of carbonyl (C=O) groups excluding carboxylic acids is 1. The Morgan fingerprint density at radius 3 is 2.44 bits per heavy atom. The lowest BCUT2D eigenvalue weighted by atomic mass is 10.2. The largest absolute Gasteiger partial charge is 0.416 e. The summed E-state index contributed by atoms with van der Waals surface area (Å²) in [6, 6.07) is 4.05. The third kappa shape index (κ3) is 5.71. The van der Waals surface area contributed by atoms with E-state index in [0.717, 1.165) is 17.8 Å². The molecule has 0 saturated carbocycles. The van der Waals surface area contributed by atoms with Gasteiger partial charge in [-0.05, 0) is 45.2 Å². The van der Waals surface area contributed by atoms with Crippen LogP contribution in [-0.2, 0) is 12.7 Å². The molecule has 0 fully saturated rings. The van der Waals surface area contributed by atoms with Gasteiger partial charge in [-0.1, -0.05) is 0 Å². The number of hydrogen-bond acceptors (Lipinski definition) is 4. The molecule has 0 bridgehead atoms. The molecular formula is C16H19F3N4OS. The van der Waals surface area contributed by atoms with Gasteiger partial charge >= 0.3 is 12.2 Å². The second kappa shape index (κ2) is 7.83. The van der Waals surface area contributed by atoms with E-state index in [-0.39, 0.29) is 5.69 Å². The van der Waals surface area contributed by atoms with Crippen molar-refractivity contribution in [2.75, 3.05) is 17.7 Å². The summed E-state index contributed by atoms with van der Waals surface area (Å²) in [5.74, 6) is 0. The van der Waals surface area contributed by atoms with Crippen molar-refractivity contribution in [1.82, 2.24) is 9.88 Å². The molecule has 0 saturated heterocycles. The maximum atomic E-state index is 12.5. The van der Waals surface area contributed by atoms with Gasteiger partial charge in [0.05, 0.1) is 11.3 Å². The SMILES string of the molecule is CC(C)N(C)Cc1csc(NC(=O)Nc2ccc(C(F)(F)F)cc2)n1. The van der Waals surface area contributed by atoms with Crippen molar-refractivity contribution in [1.29, 1.82) is 0 Å². The number of amides is 2. The maximum Gasteiger partial charge on any atom is 0.416 e. The lowest BCUT2D eigenvalue weighted by molar-refractivity contribution is -0.137. The Labute approximate surface area is 147 Å². The molecule has 0 aliphatic carbocycles. The molecule has 0 radical (unpaired) electrons. The summed E-state index contributed by atoms with van der Waals surface area (Å²) < 4.78 is 37.5. The summed E-state index contributed by atoms with van der Waals surface area (Å²) in [6.45, 7) is 4.81. The first-order valence-corrected chi connectivity index (χ1v) is 8.43. The normalized spacial score (nSPS) is 11.8. The lowest BCUT2D eigenvalue weighted by Gasteiger charge is -2.19. The molecule has 0 aliphatic rings. The minimum absolute atomic E-state index is 0.266. The molecule has 0 aliphatic heterocycles. The summed E-state index contributed by atoms with van der Waals surface area (Å²) in [5.41, 5.74) is 0.338. The molecule has 0 unspecified atom stereocenters. The number of benzene rings is 1. The summed E-state index contributed by atoms with van der Waals surface area (Å²) in [7, 11) is 1.98. The highest BCUT2D eigenvalue weighted by Gasteiger charge is 2.29. The molecule has 136 valence electrons. The van der Waals surface area contributed by atoms with Crippen molar-refractivity contribution in [2.45, 2.75) is 32.6 Å². The van der Waals surface area contributed by atoms with E-state index in [0.29, 0.717) is 17.7 Å². The number of thiazole rings is 1. The smallest absolute Gasteiger partial charge is 0.308 e. The zero-order chi connectivity index (χ0) is 18.6. The number of anilines is 2. The molecule has 0 spiro atoms. The number of nitrogens with zero attached hydrogens (tertiary/aromatic N) is 2. The number of aromatic nitrogens is 1. The first-order valence-electron chi connectivity index (χ1n) is 7.55. The predicted octanol–water partition coefficient (Wildman–Crippen LogP) is 4.65. The van der Waals surface area contributed by atoms with Crippen LogP contribution in [0.25, 0.3) is 0 Å². The first-order chi connectivity index (χ1) is 11.6. The number of urea groups is 1. The van der Waals surface area contributed by atoms with Crippen LogP contribution in [0, 0.1) is 0 Å².